The zero-order valence-electron chi connectivity index (χ0n) is 32.9. The Morgan fingerprint density at radius 2 is 1.16 bits per heavy atom. The van der Waals surface area contributed by atoms with Crippen molar-refractivity contribution in [3.63, 3.8) is 0 Å². The minimum atomic E-state index is -0.280. The lowest BCUT2D eigenvalue weighted by Crippen LogP contribution is -2.18. The first-order valence-electron chi connectivity index (χ1n) is 18.2. The summed E-state index contributed by atoms with van der Waals surface area (Å²) in [6.45, 7) is 28.9. The summed E-state index contributed by atoms with van der Waals surface area (Å²) in [4.78, 5) is 10.2. The molecule has 2 aromatic heterocycles. The van der Waals surface area contributed by atoms with E-state index in [1.807, 2.05) is 12.3 Å². The maximum Gasteiger partial charge on any atom is 0.149 e. The Morgan fingerprint density at radius 3 is 1.75 bits per heavy atom. The molecule has 4 heteroatoms. The van der Waals surface area contributed by atoms with Crippen molar-refractivity contribution in [3.8, 4) is 45.2 Å². The molecule has 0 saturated heterocycles. The number of para-hydroxylation sites is 1. The summed E-state index contributed by atoms with van der Waals surface area (Å²) in [7, 11) is 0. The van der Waals surface area contributed by atoms with Crippen molar-refractivity contribution in [3.05, 3.63) is 119 Å². The second-order valence-corrected chi connectivity index (χ2v) is 18.4. The van der Waals surface area contributed by atoms with Crippen LogP contribution in [0.4, 0.5) is 0 Å². The van der Waals surface area contributed by atoms with E-state index in [-0.39, 0.29) is 27.4 Å². The van der Waals surface area contributed by atoms with Gasteiger partial charge in [0, 0.05) is 28.6 Å². The van der Waals surface area contributed by atoms with E-state index in [4.69, 9.17) is 4.98 Å². The zero-order chi connectivity index (χ0) is 37.3. The third-order valence-corrected chi connectivity index (χ3v) is 10.0. The molecule has 0 aliphatic carbocycles. The largest absolute Gasteiger partial charge is 0.507 e. The van der Waals surface area contributed by atoms with Crippen molar-refractivity contribution in [2.75, 3.05) is 0 Å². The van der Waals surface area contributed by atoms with Gasteiger partial charge in [-0.15, -0.1) is 0 Å². The summed E-state index contributed by atoms with van der Waals surface area (Å²) in [5.41, 5.74) is 13.0. The van der Waals surface area contributed by atoms with Crippen LogP contribution in [0.25, 0.3) is 50.5 Å². The molecule has 0 atom stereocenters. The van der Waals surface area contributed by atoms with Gasteiger partial charge in [-0.2, -0.15) is 0 Å². The van der Waals surface area contributed by atoms with Crippen LogP contribution in [-0.4, -0.2) is 19.6 Å². The van der Waals surface area contributed by atoms with E-state index in [1.54, 1.807) is 0 Å². The van der Waals surface area contributed by atoms with Crippen LogP contribution >= 0.6 is 0 Å². The van der Waals surface area contributed by atoms with Gasteiger partial charge in [0.25, 0.3) is 0 Å². The minimum absolute atomic E-state index is 0.0737. The van der Waals surface area contributed by atoms with Gasteiger partial charge in [-0.3, -0.25) is 9.55 Å². The van der Waals surface area contributed by atoms with Crippen LogP contribution in [0.5, 0.6) is 5.75 Å². The van der Waals surface area contributed by atoms with Gasteiger partial charge in [0.05, 0.1) is 22.3 Å². The third kappa shape index (κ3) is 7.11. The molecule has 4 nitrogen and oxygen atoms in total. The minimum Gasteiger partial charge on any atom is -0.507 e. The lowest BCUT2D eigenvalue weighted by Gasteiger charge is -2.28. The SMILES string of the molecule is Cc1ccnc(-c2cccc(-c3cccc4c3nc(-c3cc(C(C)(C)C)cc(C(C)(C)C)c3O)n4-c3cc(C(C)(C)C)cc(C(C)(C)C)c3)c2)c1. The number of hydrogen-bond acceptors (Lipinski definition) is 3. The van der Waals surface area contributed by atoms with Crippen molar-refractivity contribution in [1.29, 1.82) is 0 Å². The number of aryl methyl sites for hydroxylation is 1. The van der Waals surface area contributed by atoms with Gasteiger partial charge in [-0.1, -0.05) is 126 Å². The van der Waals surface area contributed by atoms with Gasteiger partial charge in [-0.05, 0) is 98.9 Å². The molecule has 0 bridgehead atoms. The van der Waals surface area contributed by atoms with Crippen molar-refractivity contribution < 1.29 is 5.11 Å². The molecule has 0 aliphatic heterocycles. The molecule has 0 unspecified atom stereocenters. The number of rotatable bonds is 4. The quantitative estimate of drug-likeness (QED) is 0.202. The maximum absolute atomic E-state index is 12.2. The van der Waals surface area contributed by atoms with Crippen LogP contribution in [0.1, 0.15) is 111 Å². The Balaban J connectivity index is 1.74. The fourth-order valence-corrected chi connectivity index (χ4v) is 6.73. The Morgan fingerprint density at radius 1 is 0.569 bits per heavy atom. The van der Waals surface area contributed by atoms with Crippen molar-refractivity contribution in [2.24, 2.45) is 0 Å². The summed E-state index contributed by atoms with van der Waals surface area (Å²) in [5, 5.41) is 12.2. The van der Waals surface area contributed by atoms with Gasteiger partial charge in [0.2, 0.25) is 0 Å². The van der Waals surface area contributed by atoms with Crippen molar-refractivity contribution in [1.82, 2.24) is 14.5 Å². The van der Waals surface area contributed by atoms with Gasteiger partial charge in [0.15, 0.2) is 0 Å². The average molecular weight is 678 g/mol. The Hall–Kier alpha value is -4.70. The maximum atomic E-state index is 12.2. The van der Waals surface area contributed by atoms with E-state index in [9.17, 15) is 5.11 Å². The second kappa shape index (κ2) is 12.5. The molecule has 0 radical (unpaired) electrons. The molecule has 6 aromatic rings. The van der Waals surface area contributed by atoms with E-state index >= 15 is 0 Å². The van der Waals surface area contributed by atoms with Crippen LogP contribution in [0.15, 0.2) is 91.1 Å². The predicted molar refractivity (Wildman–Crippen MR) is 216 cm³/mol. The van der Waals surface area contributed by atoms with Crippen LogP contribution in [0.3, 0.4) is 0 Å². The fraction of sp³-hybridized carbons (Fsp3) is 0.362. The molecule has 1 N–H and O–H groups in total. The molecule has 6 rings (SSSR count). The number of nitrogens with zero attached hydrogens (tertiary/aromatic N) is 3. The molecule has 4 aromatic carbocycles. The lowest BCUT2D eigenvalue weighted by molar-refractivity contribution is 0.446. The Bertz CT molecular complexity index is 2230. The smallest absolute Gasteiger partial charge is 0.149 e. The third-order valence-electron chi connectivity index (χ3n) is 10.0. The molecule has 0 fully saturated rings. The van der Waals surface area contributed by atoms with Crippen LogP contribution < -0.4 is 0 Å². The Labute approximate surface area is 305 Å². The van der Waals surface area contributed by atoms with Gasteiger partial charge in [0.1, 0.15) is 11.6 Å². The van der Waals surface area contributed by atoms with Gasteiger partial charge < -0.3 is 5.11 Å². The first-order chi connectivity index (χ1) is 23.6. The molecular weight excluding hydrogens is 623 g/mol. The summed E-state index contributed by atoms with van der Waals surface area (Å²) in [6.07, 6.45) is 1.87. The number of phenolic OH excluding ortho intramolecular Hbond substituents is 1. The highest BCUT2D eigenvalue weighted by Gasteiger charge is 2.29. The molecule has 51 heavy (non-hydrogen) atoms. The topological polar surface area (TPSA) is 50.9 Å². The lowest BCUT2D eigenvalue weighted by atomic mass is 9.78. The summed E-state index contributed by atoms with van der Waals surface area (Å²) in [6, 6.07) is 30.5. The van der Waals surface area contributed by atoms with Crippen molar-refractivity contribution >= 4 is 11.0 Å². The van der Waals surface area contributed by atoms with Gasteiger partial charge in [-0.25, -0.2) is 4.98 Å². The molecule has 0 amide bonds. The molecular formula is C47H55N3O. The average Bonchev–Trinajstić information content (AvgIpc) is 3.42. The second-order valence-electron chi connectivity index (χ2n) is 18.4. The number of phenols is 1. The van der Waals surface area contributed by atoms with E-state index < -0.39 is 0 Å². The number of benzene rings is 4. The summed E-state index contributed by atoms with van der Waals surface area (Å²) >= 11 is 0. The molecule has 2 heterocycles. The standard InChI is InChI=1S/C47H55N3O/c1-29-20-21-48-39(22-29)31-17-14-16-30(23-31)36-18-15-19-40-41(36)49-43(37-27-34(46(8,9)10)28-38(42(37)51)47(11,12)13)50(40)35-25-32(44(2,3)4)24-33(26-35)45(5,6)7/h14-28,51H,1-13H3. The predicted octanol–water partition coefficient (Wildman–Crippen LogP) is 12.6. The zero-order valence-corrected chi connectivity index (χ0v) is 32.9. The number of aromatic hydroxyl groups is 1. The highest BCUT2D eigenvalue weighted by molar-refractivity contribution is 5.96. The van der Waals surface area contributed by atoms with Crippen LogP contribution in [0.2, 0.25) is 0 Å². The number of hydrogen-bond donors (Lipinski definition) is 1. The number of aromatic nitrogens is 3. The van der Waals surface area contributed by atoms with Crippen LogP contribution in [-0.2, 0) is 21.7 Å². The van der Waals surface area contributed by atoms with Gasteiger partial charge >= 0.3 is 0 Å². The highest BCUT2D eigenvalue weighted by Crippen LogP contribution is 2.45. The summed E-state index contributed by atoms with van der Waals surface area (Å²) in [5.74, 6) is 1.01. The Kier molecular flexibility index (Phi) is 8.86. The van der Waals surface area contributed by atoms with E-state index in [1.165, 1.54) is 16.7 Å². The van der Waals surface area contributed by atoms with Crippen molar-refractivity contribution in [2.45, 2.75) is 112 Å². The molecule has 0 saturated carbocycles. The number of pyridine rings is 1. The van der Waals surface area contributed by atoms with E-state index in [0.29, 0.717) is 0 Å². The number of imidazole rings is 1. The first kappa shape index (κ1) is 36.1. The monoisotopic (exact) mass is 677 g/mol. The molecule has 0 spiro atoms. The molecule has 264 valence electrons. The van der Waals surface area contributed by atoms with E-state index in [0.717, 1.165) is 61.6 Å². The fourth-order valence-electron chi connectivity index (χ4n) is 6.73. The summed E-state index contributed by atoms with van der Waals surface area (Å²) < 4.78 is 2.28. The van der Waals surface area contributed by atoms with Crippen LogP contribution in [0, 0.1) is 6.92 Å². The normalized spacial score (nSPS) is 12.9. The number of fused-ring (bicyclic) bond motifs is 1. The van der Waals surface area contributed by atoms with E-state index in [2.05, 4.69) is 178 Å². The molecule has 0 aliphatic rings. The highest BCUT2D eigenvalue weighted by atomic mass is 16.3. The first-order valence-corrected chi connectivity index (χ1v) is 18.2.